The van der Waals surface area contributed by atoms with Gasteiger partial charge in [0.25, 0.3) is 5.75 Å². The Bertz CT molecular complexity index is 677. The molecule has 1 atom stereocenters. The summed E-state index contributed by atoms with van der Waals surface area (Å²) in [7, 11) is -1.85. The third kappa shape index (κ3) is 2.67. The Kier molecular flexibility index (Phi) is 3.82. The van der Waals surface area contributed by atoms with E-state index in [1.807, 2.05) is 6.92 Å². The molecule has 1 aliphatic rings. The number of rotatable bonds is 4. The van der Waals surface area contributed by atoms with Crippen LogP contribution in [0.4, 0.5) is 11.4 Å². The number of hydrogen-bond donors (Lipinski definition) is 0. The van der Waals surface area contributed by atoms with E-state index >= 15 is 0 Å². The van der Waals surface area contributed by atoms with Crippen LogP contribution in [0.2, 0.25) is 0 Å². The van der Waals surface area contributed by atoms with Crippen molar-refractivity contribution >= 4 is 23.8 Å². The maximum Gasteiger partial charge on any atom is 0.319 e. The first-order chi connectivity index (χ1) is 9.78. The first-order valence-electron chi connectivity index (χ1n) is 6.07. The standard InChI is InChI=1S/C12H13N2O6P/c1-8-3-4-21(19,7-8)9-5-10(13(15)16)12(20-2)11(6-9)14(17)18/h5-7H,3-4H2,1-2H3. The van der Waals surface area contributed by atoms with E-state index in [-0.39, 0.29) is 5.30 Å². The Hall–Kier alpha value is -2.21. The van der Waals surface area contributed by atoms with E-state index in [0.29, 0.717) is 12.6 Å². The van der Waals surface area contributed by atoms with Gasteiger partial charge in [0, 0.05) is 23.6 Å². The minimum Gasteiger partial charge on any atom is -0.485 e. The van der Waals surface area contributed by atoms with Crippen molar-refractivity contribution in [1.29, 1.82) is 0 Å². The molecule has 0 aliphatic carbocycles. The fourth-order valence-electron chi connectivity index (χ4n) is 2.31. The van der Waals surface area contributed by atoms with E-state index in [4.69, 9.17) is 4.74 Å². The van der Waals surface area contributed by atoms with Crippen molar-refractivity contribution < 1.29 is 19.1 Å². The van der Waals surface area contributed by atoms with Gasteiger partial charge in [-0.25, -0.2) is 0 Å². The van der Waals surface area contributed by atoms with Gasteiger partial charge in [0.15, 0.2) is 0 Å². The lowest BCUT2D eigenvalue weighted by Crippen LogP contribution is -2.09. The molecule has 0 fully saturated rings. The van der Waals surface area contributed by atoms with Gasteiger partial charge < -0.3 is 9.30 Å². The van der Waals surface area contributed by atoms with Crippen molar-refractivity contribution in [3.05, 3.63) is 43.8 Å². The predicted molar refractivity (Wildman–Crippen MR) is 76.8 cm³/mol. The summed E-state index contributed by atoms with van der Waals surface area (Å²) in [4.78, 5) is 20.6. The normalized spacial score (nSPS) is 21.0. The molecule has 21 heavy (non-hydrogen) atoms. The summed E-state index contributed by atoms with van der Waals surface area (Å²) in [5, 5.41) is 22.3. The lowest BCUT2D eigenvalue weighted by atomic mass is 10.2. The summed E-state index contributed by atoms with van der Waals surface area (Å²) in [6.07, 6.45) is 0.949. The summed E-state index contributed by atoms with van der Waals surface area (Å²) >= 11 is 0. The molecule has 0 spiro atoms. The summed E-state index contributed by atoms with van der Waals surface area (Å²) in [6.45, 7) is 1.81. The third-order valence-corrected chi connectivity index (χ3v) is 6.21. The second kappa shape index (κ2) is 5.29. The van der Waals surface area contributed by atoms with E-state index in [1.54, 1.807) is 5.82 Å². The minimum atomic E-state index is -2.97. The Balaban J connectivity index is 2.73. The van der Waals surface area contributed by atoms with E-state index in [9.17, 15) is 24.8 Å². The van der Waals surface area contributed by atoms with Crippen LogP contribution >= 0.6 is 7.14 Å². The number of benzene rings is 1. The van der Waals surface area contributed by atoms with Crippen LogP contribution < -0.4 is 10.0 Å². The summed E-state index contributed by atoms with van der Waals surface area (Å²) in [5.41, 5.74) is -0.177. The third-order valence-electron chi connectivity index (χ3n) is 3.34. The molecular weight excluding hydrogens is 299 g/mol. The lowest BCUT2D eigenvalue weighted by Gasteiger charge is -2.11. The highest BCUT2D eigenvalue weighted by molar-refractivity contribution is 7.74. The second-order valence-corrected chi connectivity index (χ2v) is 7.59. The molecule has 112 valence electrons. The molecule has 2 rings (SSSR count). The molecule has 1 heterocycles. The highest BCUT2D eigenvalue weighted by Gasteiger charge is 2.35. The summed E-state index contributed by atoms with van der Waals surface area (Å²) in [6, 6.07) is 2.23. The molecule has 0 saturated heterocycles. The van der Waals surface area contributed by atoms with Gasteiger partial charge in [-0.3, -0.25) is 20.2 Å². The highest BCUT2D eigenvalue weighted by Crippen LogP contribution is 2.54. The number of allylic oxidation sites excluding steroid dienone is 1. The maximum atomic E-state index is 12.8. The molecule has 0 N–H and O–H groups in total. The van der Waals surface area contributed by atoms with Crippen molar-refractivity contribution in [3.8, 4) is 5.75 Å². The zero-order valence-electron chi connectivity index (χ0n) is 11.4. The molecule has 0 amide bonds. The van der Waals surface area contributed by atoms with Crippen LogP contribution in [0.3, 0.4) is 0 Å². The Morgan fingerprint density at radius 1 is 1.19 bits per heavy atom. The Morgan fingerprint density at radius 2 is 1.71 bits per heavy atom. The molecule has 9 heteroatoms. The van der Waals surface area contributed by atoms with Crippen LogP contribution in [-0.2, 0) is 4.57 Å². The molecule has 0 aromatic heterocycles. The molecule has 1 unspecified atom stereocenters. The van der Waals surface area contributed by atoms with E-state index in [1.165, 1.54) is 0 Å². The average molecular weight is 312 g/mol. The quantitative estimate of drug-likeness (QED) is 0.480. The average Bonchev–Trinajstić information content (AvgIpc) is 2.77. The van der Waals surface area contributed by atoms with Crippen LogP contribution in [0.5, 0.6) is 5.75 Å². The molecule has 1 aliphatic heterocycles. The number of nitro groups is 2. The van der Waals surface area contributed by atoms with Crippen LogP contribution in [-0.4, -0.2) is 23.1 Å². The van der Waals surface area contributed by atoms with Crippen molar-refractivity contribution in [2.45, 2.75) is 13.3 Å². The number of methoxy groups -OCH3 is 1. The zero-order chi connectivity index (χ0) is 15.8. The molecule has 0 bridgehead atoms. The maximum absolute atomic E-state index is 12.8. The topological polar surface area (TPSA) is 113 Å². The fourth-order valence-corrected chi connectivity index (χ4v) is 5.06. The molecule has 1 aromatic carbocycles. The van der Waals surface area contributed by atoms with Crippen LogP contribution in [0.15, 0.2) is 23.5 Å². The number of ether oxygens (including phenoxy) is 1. The Labute approximate surface area is 120 Å². The SMILES string of the molecule is COc1c([N+](=O)[O-])cc(P2(=O)C=C(C)CC2)cc1[N+](=O)[O-]. The number of nitro benzene ring substituents is 2. The van der Waals surface area contributed by atoms with Crippen LogP contribution in [0, 0.1) is 20.2 Å². The van der Waals surface area contributed by atoms with Crippen LogP contribution in [0.25, 0.3) is 0 Å². The fraction of sp³-hybridized carbons (Fsp3) is 0.333. The number of nitrogens with zero attached hydrogens (tertiary/aromatic N) is 2. The zero-order valence-corrected chi connectivity index (χ0v) is 12.3. The summed E-state index contributed by atoms with van der Waals surface area (Å²) < 4.78 is 17.6. The molecular formula is C12H13N2O6P. The lowest BCUT2D eigenvalue weighted by molar-refractivity contribution is -0.395. The Morgan fingerprint density at radius 3 is 2.05 bits per heavy atom. The van der Waals surface area contributed by atoms with Gasteiger partial charge >= 0.3 is 11.4 Å². The van der Waals surface area contributed by atoms with Crippen molar-refractivity contribution in [1.82, 2.24) is 0 Å². The first kappa shape index (κ1) is 15.2. The largest absolute Gasteiger partial charge is 0.485 e. The van der Waals surface area contributed by atoms with Gasteiger partial charge in [0.2, 0.25) is 0 Å². The molecule has 1 aromatic rings. The molecule has 0 saturated carbocycles. The highest BCUT2D eigenvalue weighted by atomic mass is 31.2. The molecule has 0 radical (unpaired) electrons. The van der Waals surface area contributed by atoms with E-state index in [2.05, 4.69) is 0 Å². The number of hydrogen-bond acceptors (Lipinski definition) is 6. The second-order valence-electron chi connectivity index (χ2n) is 4.78. The predicted octanol–water partition coefficient (Wildman–Crippen LogP) is 2.81. The minimum absolute atomic E-state index is 0.124. The van der Waals surface area contributed by atoms with E-state index < -0.39 is 34.1 Å². The van der Waals surface area contributed by atoms with Gasteiger partial charge in [0.05, 0.1) is 17.0 Å². The van der Waals surface area contributed by atoms with Gasteiger partial charge in [-0.05, 0) is 19.2 Å². The van der Waals surface area contributed by atoms with E-state index in [0.717, 1.165) is 24.8 Å². The first-order valence-corrected chi connectivity index (χ1v) is 8.03. The van der Waals surface area contributed by atoms with Gasteiger partial charge in [-0.15, -0.1) is 0 Å². The monoisotopic (exact) mass is 312 g/mol. The van der Waals surface area contributed by atoms with Crippen LogP contribution in [0.1, 0.15) is 13.3 Å². The van der Waals surface area contributed by atoms with Crippen molar-refractivity contribution in [2.75, 3.05) is 13.3 Å². The van der Waals surface area contributed by atoms with Gasteiger partial charge in [-0.1, -0.05) is 5.57 Å². The van der Waals surface area contributed by atoms with Gasteiger partial charge in [-0.2, -0.15) is 0 Å². The van der Waals surface area contributed by atoms with Crippen molar-refractivity contribution in [3.63, 3.8) is 0 Å². The van der Waals surface area contributed by atoms with Gasteiger partial charge in [0.1, 0.15) is 7.14 Å². The molecule has 8 nitrogen and oxygen atoms in total. The van der Waals surface area contributed by atoms with Crippen molar-refractivity contribution in [2.24, 2.45) is 0 Å². The summed E-state index contributed by atoms with van der Waals surface area (Å²) in [5.74, 6) is 1.14. The smallest absolute Gasteiger partial charge is 0.319 e.